The van der Waals surface area contributed by atoms with E-state index >= 15 is 4.39 Å². The summed E-state index contributed by atoms with van der Waals surface area (Å²) in [5.41, 5.74) is -1.63. The monoisotopic (exact) mass is 474 g/mol. The summed E-state index contributed by atoms with van der Waals surface area (Å²) in [4.78, 5) is 25.4. The number of rotatable bonds is 5. The van der Waals surface area contributed by atoms with Crippen molar-refractivity contribution in [1.29, 1.82) is 0 Å². The number of ketones is 1. The Labute approximate surface area is 201 Å². The van der Waals surface area contributed by atoms with Gasteiger partial charge in [-0.25, -0.2) is 9.18 Å². The second-order valence-corrected chi connectivity index (χ2v) is 12.1. The molecule has 4 saturated carbocycles. The predicted molar refractivity (Wildman–Crippen MR) is 125 cm³/mol. The molecule has 0 aromatic carbocycles. The van der Waals surface area contributed by atoms with E-state index in [2.05, 4.69) is 12.0 Å². The van der Waals surface area contributed by atoms with E-state index < -0.39 is 17.2 Å². The van der Waals surface area contributed by atoms with Crippen LogP contribution in [-0.2, 0) is 16.1 Å². The maximum atomic E-state index is 16.5. The van der Waals surface area contributed by atoms with Crippen molar-refractivity contribution in [1.82, 2.24) is 9.78 Å². The largest absolute Gasteiger partial charge is 0.462 e. The molecule has 4 aliphatic carbocycles. The van der Waals surface area contributed by atoms with Crippen LogP contribution in [-0.4, -0.2) is 44.5 Å². The van der Waals surface area contributed by atoms with Crippen molar-refractivity contribution in [3.63, 3.8) is 0 Å². The van der Waals surface area contributed by atoms with E-state index in [1.807, 2.05) is 6.92 Å². The molecule has 1 heterocycles. The topological polar surface area (TPSA) is 81.4 Å². The fourth-order valence-electron chi connectivity index (χ4n) is 8.55. The number of hydrogen-bond donors (Lipinski definition) is 1. The van der Waals surface area contributed by atoms with Crippen LogP contribution in [0.3, 0.4) is 0 Å². The second kappa shape index (κ2) is 8.42. The van der Waals surface area contributed by atoms with Crippen LogP contribution in [0.2, 0.25) is 0 Å². The Morgan fingerprint density at radius 1 is 1.15 bits per heavy atom. The minimum atomic E-state index is -1.16. The summed E-state index contributed by atoms with van der Waals surface area (Å²) in [6.45, 7) is 6.34. The molecule has 0 saturated heterocycles. The summed E-state index contributed by atoms with van der Waals surface area (Å²) in [7, 11) is 0. The first-order valence-corrected chi connectivity index (χ1v) is 13.2. The Bertz CT molecular complexity index is 960. The lowest BCUT2D eigenvalue weighted by atomic mass is 9.48. The highest BCUT2D eigenvalue weighted by atomic mass is 19.1. The van der Waals surface area contributed by atoms with Gasteiger partial charge in [-0.3, -0.25) is 9.48 Å². The zero-order valence-electron chi connectivity index (χ0n) is 20.8. The average molecular weight is 475 g/mol. The smallest absolute Gasteiger partial charge is 0.341 e. The molecule has 0 radical (unpaired) electrons. The Balaban J connectivity index is 1.29. The Morgan fingerprint density at radius 2 is 1.94 bits per heavy atom. The number of aromatic nitrogens is 2. The van der Waals surface area contributed by atoms with E-state index in [0.29, 0.717) is 43.3 Å². The van der Waals surface area contributed by atoms with Crippen LogP contribution < -0.4 is 0 Å². The van der Waals surface area contributed by atoms with Gasteiger partial charge >= 0.3 is 5.97 Å². The number of halogens is 1. The molecule has 0 bridgehead atoms. The number of Topliss-reactive ketones (excluding diaryl/α,β-unsaturated/α-hetero) is 1. The zero-order valence-corrected chi connectivity index (χ0v) is 20.8. The van der Waals surface area contributed by atoms with E-state index in [9.17, 15) is 14.7 Å². The number of carbonyl (C=O) groups is 2. The van der Waals surface area contributed by atoms with Crippen LogP contribution in [0.25, 0.3) is 0 Å². The number of fused-ring (bicyclic) bond motifs is 5. The Hall–Kier alpha value is -1.76. The van der Waals surface area contributed by atoms with Crippen molar-refractivity contribution in [2.24, 2.45) is 35.0 Å². The molecule has 7 heteroatoms. The molecule has 1 N–H and O–H groups in total. The summed E-state index contributed by atoms with van der Waals surface area (Å²) in [6.07, 6.45) is 10.1. The lowest BCUT2D eigenvalue weighted by Crippen LogP contribution is -2.58. The van der Waals surface area contributed by atoms with Gasteiger partial charge in [-0.15, -0.1) is 0 Å². The van der Waals surface area contributed by atoms with Crippen LogP contribution in [0.4, 0.5) is 4.39 Å². The highest BCUT2D eigenvalue weighted by Gasteiger charge is 2.63. The molecule has 1 aromatic rings. The third-order valence-electron chi connectivity index (χ3n) is 10.2. The fraction of sp³-hybridized carbons (Fsp3) is 0.815. The standard InChI is InChI=1S/C27H39FN2O4/c1-4-34-24(32)17-14-29-30(15-17)16-23(31)22-8-7-20-19-6-5-18-13-25(2,33)11-12-27(18,28)21(19)9-10-26(20,22)3/h14-15,18-22,33H,4-13,16H2,1-3H3/t18?,19-,20-,21-,22+,25+,26-,27?/m0/s1. The molecule has 6 nitrogen and oxygen atoms in total. The summed E-state index contributed by atoms with van der Waals surface area (Å²) in [5, 5.41) is 14.8. The van der Waals surface area contributed by atoms with Gasteiger partial charge in [0.05, 0.1) is 30.5 Å². The number of esters is 1. The lowest BCUT2D eigenvalue weighted by Gasteiger charge is -2.59. The maximum absolute atomic E-state index is 16.5. The van der Waals surface area contributed by atoms with Crippen molar-refractivity contribution in [2.45, 2.75) is 96.4 Å². The van der Waals surface area contributed by atoms with Crippen molar-refractivity contribution in [3.8, 4) is 0 Å². The number of nitrogens with zero attached hydrogens (tertiary/aromatic N) is 2. The van der Waals surface area contributed by atoms with Gasteiger partial charge in [0.25, 0.3) is 0 Å². The van der Waals surface area contributed by atoms with Gasteiger partial charge in [0.2, 0.25) is 0 Å². The van der Waals surface area contributed by atoms with Gasteiger partial charge in [-0.2, -0.15) is 5.10 Å². The lowest BCUT2D eigenvalue weighted by molar-refractivity contribution is -0.166. The molecule has 2 unspecified atom stereocenters. The van der Waals surface area contributed by atoms with Crippen molar-refractivity contribution in [2.75, 3.05) is 6.61 Å². The van der Waals surface area contributed by atoms with Crippen molar-refractivity contribution in [3.05, 3.63) is 18.0 Å². The first kappa shape index (κ1) is 24.0. The SMILES string of the molecule is CCOC(=O)c1cnn(CC(=O)[C@H]2CC[C@H]3[C@@H]4CCC5C[C@](C)(O)CCC5(F)[C@H]4CC[C@]23C)c1. The number of hydrogen-bond acceptors (Lipinski definition) is 5. The predicted octanol–water partition coefficient (Wildman–Crippen LogP) is 4.74. The van der Waals surface area contributed by atoms with Crippen LogP contribution in [0.1, 0.15) is 88.9 Å². The highest BCUT2D eigenvalue weighted by molar-refractivity contribution is 5.89. The fourth-order valence-corrected chi connectivity index (χ4v) is 8.55. The van der Waals surface area contributed by atoms with Crippen LogP contribution >= 0.6 is 0 Å². The average Bonchev–Trinajstić information content (AvgIpc) is 3.38. The van der Waals surface area contributed by atoms with Gasteiger partial charge in [0, 0.05) is 12.1 Å². The van der Waals surface area contributed by atoms with Gasteiger partial charge in [-0.1, -0.05) is 6.92 Å². The van der Waals surface area contributed by atoms with Gasteiger partial charge in [0.1, 0.15) is 5.67 Å². The van der Waals surface area contributed by atoms with Crippen LogP contribution in [0, 0.1) is 35.0 Å². The summed E-state index contributed by atoms with van der Waals surface area (Å²) in [6, 6.07) is 0. The van der Waals surface area contributed by atoms with Gasteiger partial charge in [-0.05, 0) is 101 Å². The number of carbonyl (C=O) groups excluding carboxylic acids is 2. The summed E-state index contributed by atoms with van der Waals surface area (Å²) in [5.74, 6) is 0.437. The maximum Gasteiger partial charge on any atom is 0.341 e. The van der Waals surface area contributed by atoms with E-state index in [0.717, 1.165) is 38.5 Å². The first-order chi connectivity index (χ1) is 16.1. The van der Waals surface area contributed by atoms with Crippen LogP contribution in [0.15, 0.2) is 12.4 Å². The zero-order chi connectivity index (χ0) is 24.3. The van der Waals surface area contributed by atoms with Gasteiger partial charge < -0.3 is 9.84 Å². The number of alkyl halides is 1. The molecule has 0 spiro atoms. The molecule has 8 atom stereocenters. The van der Waals surface area contributed by atoms with Crippen molar-refractivity contribution < 1.29 is 23.8 Å². The van der Waals surface area contributed by atoms with E-state index in [-0.39, 0.29) is 35.5 Å². The Morgan fingerprint density at radius 3 is 2.71 bits per heavy atom. The molecule has 0 amide bonds. The molecule has 1 aromatic heterocycles. The van der Waals surface area contributed by atoms with Crippen LogP contribution in [0.5, 0.6) is 0 Å². The normalized spacial score (nSPS) is 43.5. The molecule has 0 aliphatic heterocycles. The Kier molecular flexibility index (Phi) is 5.93. The molecule has 188 valence electrons. The third kappa shape index (κ3) is 3.82. The van der Waals surface area contributed by atoms with Crippen molar-refractivity contribution >= 4 is 11.8 Å². The van der Waals surface area contributed by atoms with Gasteiger partial charge in [0.15, 0.2) is 5.78 Å². The molecule has 4 aliphatic rings. The highest BCUT2D eigenvalue weighted by Crippen LogP contribution is 2.66. The summed E-state index contributed by atoms with van der Waals surface area (Å²) >= 11 is 0. The molecular formula is C27H39FN2O4. The van der Waals surface area contributed by atoms with E-state index in [1.165, 1.54) is 6.20 Å². The van der Waals surface area contributed by atoms with E-state index in [4.69, 9.17) is 4.74 Å². The van der Waals surface area contributed by atoms with E-state index in [1.54, 1.807) is 17.8 Å². The number of aliphatic hydroxyl groups is 1. The number of ether oxygens (including phenoxy) is 1. The third-order valence-corrected chi connectivity index (χ3v) is 10.2. The molecule has 34 heavy (non-hydrogen) atoms. The minimum absolute atomic E-state index is 0.0332. The molecular weight excluding hydrogens is 435 g/mol. The molecule has 5 rings (SSSR count). The second-order valence-electron chi connectivity index (χ2n) is 12.1. The quantitative estimate of drug-likeness (QED) is 0.624. The molecule has 4 fully saturated rings. The minimum Gasteiger partial charge on any atom is -0.462 e. The summed E-state index contributed by atoms with van der Waals surface area (Å²) < 4.78 is 23.1. The first-order valence-electron chi connectivity index (χ1n) is 13.2.